The van der Waals surface area contributed by atoms with Crippen LogP contribution in [0.3, 0.4) is 0 Å². The third-order valence-electron chi connectivity index (χ3n) is 7.97. The van der Waals surface area contributed by atoms with Gasteiger partial charge in [0.25, 0.3) is 5.91 Å². The van der Waals surface area contributed by atoms with Crippen LogP contribution in [0.15, 0.2) is 18.2 Å². The van der Waals surface area contributed by atoms with E-state index >= 15 is 0 Å². The van der Waals surface area contributed by atoms with Gasteiger partial charge in [-0.05, 0) is 80.6 Å². The molecule has 1 aromatic carbocycles. The molecule has 1 aliphatic carbocycles. The minimum atomic E-state index is -0.557. The molecule has 3 N–H and O–H groups in total. The Kier molecular flexibility index (Phi) is 5.56. The fraction of sp³-hybridized carbons (Fsp3) is 0.625. The molecule has 7 nitrogen and oxygen atoms in total. The lowest BCUT2D eigenvalue weighted by molar-refractivity contribution is -0.136. The van der Waals surface area contributed by atoms with Crippen molar-refractivity contribution in [2.75, 3.05) is 13.1 Å². The van der Waals surface area contributed by atoms with Crippen molar-refractivity contribution in [1.29, 1.82) is 0 Å². The Hall–Kier alpha value is -2.25. The lowest BCUT2D eigenvalue weighted by atomic mass is 9.67. The van der Waals surface area contributed by atoms with Gasteiger partial charge in [0.05, 0.1) is 0 Å². The highest BCUT2D eigenvalue weighted by Crippen LogP contribution is 2.43. The minimum absolute atomic E-state index is 0.100. The average Bonchev–Trinajstić information content (AvgIpc) is 3.11. The number of carbonyl (C=O) groups excluding carboxylic acids is 3. The van der Waals surface area contributed by atoms with E-state index in [9.17, 15) is 14.4 Å². The molecule has 1 atom stereocenters. The largest absolute Gasteiger partial charge is 0.322 e. The molecular weight excluding hydrogens is 392 g/mol. The van der Waals surface area contributed by atoms with Crippen molar-refractivity contribution in [3.63, 3.8) is 0 Å². The quantitative estimate of drug-likeness (QED) is 0.642. The number of carbonyl (C=O) groups is 3. The molecular formula is C24H32N4O3. The van der Waals surface area contributed by atoms with Crippen LogP contribution in [0.1, 0.15) is 72.9 Å². The monoisotopic (exact) mass is 424 g/mol. The van der Waals surface area contributed by atoms with Crippen molar-refractivity contribution >= 4 is 17.7 Å². The molecule has 0 aromatic heterocycles. The molecule has 31 heavy (non-hydrogen) atoms. The SMILES string of the molecule is O=C1CCC(N2Cc3c(CNC4CCC5(CCNCC5)CC4)cccc3C2=O)C(=O)N1. The maximum absolute atomic E-state index is 13.0. The lowest BCUT2D eigenvalue weighted by Gasteiger charge is -2.43. The van der Waals surface area contributed by atoms with Crippen LogP contribution < -0.4 is 16.0 Å². The normalized spacial score (nSPS) is 26.3. The molecule has 4 aliphatic rings. The Morgan fingerprint density at radius 3 is 2.55 bits per heavy atom. The summed E-state index contributed by atoms with van der Waals surface area (Å²) in [5.41, 5.74) is 3.42. The zero-order chi connectivity index (χ0) is 21.4. The highest BCUT2D eigenvalue weighted by Gasteiger charge is 2.40. The van der Waals surface area contributed by atoms with Crippen molar-refractivity contribution in [3.05, 3.63) is 34.9 Å². The molecule has 1 unspecified atom stereocenters. The first-order chi connectivity index (χ1) is 15.0. The number of benzene rings is 1. The Morgan fingerprint density at radius 1 is 1.03 bits per heavy atom. The number of amides is 3. The lowest BCUT2D eigenvalue weighted by Crippen LogP contribution is -2.52. The van der Waals surface area contributed by atoms with Crippen LogP contribution in [0.25, 0.3) is 0 Å². The Morgan fingerprint density at radius 2 is 1.81 bits per heavy atom. The molecule has 5 rings (SSSR count). The number of hydrogen-bond acceptors (Lipinski definition) is 5. The number of rotatable bonds is 4. The molecule has 3 aliphatic heterocycles. The van der Waals surface area contributed by atoms with Gasteiger partial charge in [-0.25, -0.2) is 0 Å². The molecule has 0 radical (unpaired) electrons. The molecule has 7 heteroatoms. The minimum Gasteiger partial charge on any atom is -0.322 e. The third kappa shape index (κ3) is 4.01. The number of nitrogens with zero attached hydrogens (tertiary/aromatic N) is 1. The zero-order valence-corrected chi connectivity index (χ0v) is 18.0. The maximum Gasteiger partial charge on any atom is 0.255 e. The second-order valence-corrected chi connectivity index (χ2v) is 9.75. The van der Waals surface area contributed by atoms with E-state index in [1.165, 1.54) is 38.5 Å². The standard InChI is InChI=1S/C24H32N4O3/c29-21-5-4-20(22(30)27-21)28-15-19-16(2-1-3-18(19)23(28)31)14-26-17-6-8-24(9-7-17)10-12-25-13-11-24/h1-3,17,20,25-26H,4-15H2,(H,27,29,30). The van der Waals surface area contributed by atoms with Crippen LogP contribution in [0.5, 0.6) is 0 Å². The van der Waals surface area contributed by atoms with E-state index in [4.69, 9.17) is 0 Å². The number of nitrogens with one attached hydrogen (secondary N) is 3. The molecule has 1 saturated carbocycles. The van der Waals surface area contributed by atoms with E-state index in [0.717, 1.165) is 30.8 Å². The highest BCUT2D eigenvalue weighted by molar-refractivity contribution is 6.05. The summed E-state index contributed by atoms with van der Waals surface area (Å²) in [6.45, 7) is 3.51. The van der Waals surface area contributed by atoms with Gasteiger partial charge in [-0.2, -0.15) is 0 Å². The smallest absolute Gasteiger partial charge is 0.255 e. The summed E-state index contributed by atoms with van der Waals surface area (Å²) in [6, 6.07) is 5.85. The summed E-state index contributed by atoms with van der Waals surface area (Å²) < 4.78 is 0. The average molecular weight is 425 g/mol. The van der Waals surface area contributed by atoms with Crippen LogP contribution in [0.2, 0.25) is 0 Å². The van der Waals surface area contributed by atoms with Crippen LogP contribution in [0, 0.1) is 5.41 Å². The van der Waals surface area contributed by atoms with Crippen molar-refractivity contribution in [1.82, 2.24) is 20.9 Å². The first-order valence-electron chi connectivity index (χ1n) is 11.7. The van der Waals surface area contributed by atoms with Gasteiger partial charge in [0.15, 0.2) is 0 Å². The van der Waals surface area contributed by atoms with E-state index in [0.29, 0.717) is 30.0 Å². The number of piperidine rings is 2. The van der Waals surface area contributed by atoms with Crippen LogP contribution in [0.4, 0.5) is 0 Å². The van der Waals surface area contributed by atoms with E-state index < -0.39 is 6.04 Å². The van der Waals surface area contributed by atoms with Crippen LogP contribution in [-0.2, 0) is 22.7 Å². The van der Waals surface area contributed by atoms with E-state index in [1.54, 1.807) is 4.90 Å². The highest BCUT2D eigenvalue weighted by atomic mass is 16.2. The predicted molar refractivity (Wildman–Crippen MR) is 116 cm³/mol. The van der Waals surface area contributed by atoms with Crippen LogP contribution >= 0.6 is 0 Å². The van der Waals surface area contributed by atoms with E-state index in [-0.39, 0.29) is 24.1 Å². The van der Waals surface area contributed by atoms with Gasteiger partial charge in [0.2, 0.25) is 11.8 Å². The van der Waals surface area contributed by atoms with Crippen LogP contribution in [-0.4, -0.2) is 47.8 Å². The first-order valence-corrected chi connectivity index (χ1v) is 11.7. The molecule has 1 spiro atoms. The topological polar surface area (TPSA) is 90.5 Å². The molecule has 0 bridgehead atoms. The summed E-state index contributed by atoms with van der Waals surface area (Å²) >= 11 is 0. The molecule has 2 saturated heterocycles. The van der Waals surface area contributed by atoms with Gasteiger partial charge in [-0.3, -0.25) is 19.7 Å². The van der Waals surface area contributed by atoms with Crippen molar-refractivity contribution < 1.29 is 14.4 Å². The summed E-state index contributed by atoms with van der Waals surface area (Å²) in [7, 11) is 0. The van der Waals surface area contributed by atoms with Crippen molar-refractivity contribution in [3.8, 4) is 0 Å². The Balaban J connectivity index is 1.22. The van der Waals surface area contributed by atoms with Gasteiger partial charge < -0.3 is 15.5 Å². The molecule has 1 aromatic rings. The summed E-state index contributed by atoms with van der Waals surface area (Å²) in [5.74, 6) is -0.711. The van der Waals surface area contributed by atoms with E-state index in [1.807, 2.05) is 12.1 Å². The Bertz CT molecular complexity index is 883. The van der Waals surface area contributed by atoms with Gasteiger partial charge in [-0.15, -0.1) is 0 Å². The summed E-state index contributed by atoms with van der Waals surface area (Å²) in [4.78, 5) is 38.4. The number of imide groups is 1. The maximum atomic E-state index is 13.0. The summed E-state index contributed by atoms with van der Waals surface area (Å²) in [5, 5.41) is 9.60. The summed E-state index contributed by atoms with van der Waals surface area (Å²) in [6.07, 6.45) is 8.35. The van der Waals surface area contributed by atoms with Crippen molar-refractivity contribution in [2.24, 2.45) is 5.41 Å². The fourth-order valence-corrected chi connectivity index (χ4v) is 5.96. The number of hydrogen-bond donors (Lipinski definition) is 3. The van der Waals surface area contributed by atoms with Gasteiger partial charge in [0.1, 0.15) is 6.04 Å². The van der Waals surface area contributed by atoms with Crippen molar-refractivity contribution in [2.45, 2.75) is 76.5 Å². The molecule has 3 heterocycles. The van der Waals surface area contributed by atoms with Gasteiger partial charge in [0, 0.05) is 31.1 Å². The Labute approximate surface area is 183 Å². The zero-order valence-electron chi connectivity index (χ0n) is 18.0. The van der Waals surface area contributed by atoms with E-state index in [2.05, 4.69) is 22.0 Å². The number of fused-ring (bicyclic) bond motifs is 1. The molecule has 3 amide bonds. The predicted octanol–water partition coefficient (Wildman–Crippen LogP) is 1.85. The molecule has 166 valence electrons. The fourth-order valence-electron chi connectivity index (χ4n) is 5.96. The molecule has 3 fully saturated rings. The van der Waals surface area contributed by atoms with Gasteiger partial charge in [-0.1, -0.05) is 12.1 Å². The third-order valence-corrected chi connectivity index (χ3v) is 7.97. The second-order valence-electron chi connectivity index (χ2n) is 9.75. The second kappa shape index (κ2) is 8.36. The van der Waals surface area contributed by atoms with Gasteiger partial charge >= 0.3 is 0 Å². The first kappa shape index (κ1) is 20.6.